The number of nitrogens with zero attached hydrogens (tertiary/aromatic N) is 5. The molecule has 0 unspecified atom stereocenters. The third-order valence-electron chi connectivity index (χ3n) is 6.83. The first kappa shape index (κ1) is 20.1. The van der Waals surface area contributed by atoms with Gasteiger partial charge in [0.2, 0.25) is 0 Å². The number of aliphatic hydroxyl groups excluding tert-OH is 1. The Morgan fingerprint density at radius 1 is 1.27 bits per heavy atom. The highest BCUT2D eigenvalue weighted by Gasteiger charge is 2.33. The van der Waals surface area contributed by atoms with Gasteiger partial charge in [-0.25, -0.2) is 14.4 Å². The van der Waals surface area contributed by atoms with E-state index in [0.717, 1.165) is 16.6 Å². The lowest BCUT2D eigenvalue weighted by Crippen LogP contribution is -2.48. The summed E-state index contributed by atoms with van der Waals surface area (Å²) in [6, 6.07) is 5.49. The number of amides is 1. The summed E-state index contributed by atoms with van der Waals surface area (Å²) in [6.07, 6.45) is 6.45. The third kappa shape index (κ3) is 3.16. The van der Waals surface area contributed by atoms with Crippen LogP contribution in [0.3, 0.4) is 0 Å². The lowest BCUT2D eigenvalue weighted by molar-refractivity contribution is 0.0501. The van der Waals surface area contributed by atoms with Crippen LogP contribution in [-0.2, 0) is 0 Å². The molecule has 9 nitrogen and oxygen atoms in total. The van der Waals surface area contributed by atoms with Gasteiger partial charge in [-0.05, 0) is 37.8 Å². The molecule has 2 fully saturated rings. The van der Waals surface area contributed by atoms with E-state index in [0.29, 0.717) is 48.4 Å². The van der Waals surface area contributed by atoms with Crippen LogP contribution in [0.4, 0.5) is 10.2 Å². The van der Waals surface area contributed by atoms with Gasteiger partial charge < -0.3 is 20.3 Å². The zero-order valence-corrected chi connectivity index (χ0v) is 18.1. The first-order chi connectivity index (χ1) is 16.0. The fourth-order valence-corrected chi connectivity index (χ4v) is 4.66. The van der Waals surface area contributed by atoms with E-state index in [1.54, 1.807) is 17.8 Å². The lowest BCUT2D eigenvalue weighted by Gasteiger charge is -2.32. The van der Waals surface area contributed by atoms with Gasteiger partial charge in [-0.2, -0.15) is 9.61 Å². The van der Waals surface area contributed by atoms with Gasteiger partial charge in [-0.3, -0.25) is 4.79 Å². The SMILES string of the molecule is CNc1cc(-c2cn(C3CC(O)C3)c3ncccc23)nc2c(C(=O)N[C@@H]3CC[C@H]3F)cnn12. The number of hydrogen-bond donors (Lipinski definition) is 3. The topological polar surface area (TPSA) is 109 Å². The molecule has 4 heterocycles. The van der Waals surface area contributed by atoms with E-state index in [1.165, 1.54) is 6.20 Å². The van der Waals surface area contributed by atoms with Crippen LogP contribution in [0, 0.1) is 0 Å². The molecule has 2 aliphatic carbocycles. The zero-order chi connectivity index (χ0) is 22.7. The van der Waals surface area contributed by atoms with Gasteiger partial charge in [-0.15, -0.1) is 0 Å². The summed E-state index contributed by atoms with van der Waals surface area (Å²) in [5.74, 6) is 0.293. The predicted molar refractivity (Wildman–Crippen MR) is 121 cm³/mol. The molecular weight excluding hydrogens is 425 g/mol. The quantitative estimate of drug-likeness (QED) is 0.432. The van der Waals surface area contributed by atoms with Crippen molar-refractivity contribution >= 4 is 28.4 Å². The van der Waals surface area contributed by atoms with Gasteiger partial charge in [-0.1, -0.05) is 0 Å². The third-order valence-corrected chi connectivity index (χ3v) is 6.83. The van der Waals surface area contributed by atoms with E-state index in [2.05, 4.69) is 25.3 Å². The number of fused-ring (bicyclic) bond motifs is 2. The minimum absolute atomic E-state index is 0.186. The molecule has 4 aromatic rings. The van der Waals surface area contributed by atoms with E-state index < -0.39 is 12.2 Å². The van der Waals surface area contributed by atoms with Crippen LogP contribution >= 0.6 is 0 Å². The number of aromatic nitrogens is 5. The van der Waals surface area contributed by atoms with Crippen LogP contribution in [0.2, 0.25) is 0 Å². The van der Waals surface area contributed by atoms with Crippen molar-refractivity contribution in [3.05, 3.63) is 42.4 Å². The molecule has 2 atom stereocenters. The molecule has 0 saturated heterocycles. The van der Waals surface area contributed by atoms with Crippen molar-refractivity contribution < 1.29 is 14.3 Å². The molecule has 33 heavy (non-hydrogen) atoms. The molecule has 0 aromatic carbocycles. The number of pyridine rings is 1. The maximum Gasteiger partial charge on any atom is 0.257 e. The number of hydrogen-bond acceptors (Lipinski definition) is 6. The average molecular weight is 449 g/mol. The lowest BCUT2D eigenvalue weighted by atomic mass is 9.89. The Labute approximate surface area is 188 Å². The van der Waals surface area contributed by atoms with Crippen LogP contribution in [0.5, 0.6) is 0 Å². The van der Waals surface area contributed by atoms with Crippen molar-refractivity contribution in [3.8, 4) is 11.3 Å². The standard InChI is InChI=1S/C23H24FN7O2/c1-25-20-9-19(16-11-30(12-7-13(32)8-12)21-14(16)3-2-6-26-21)28-22-15(10-27-31(20)22)23(33)29-18-5-4-17(18)24/h2-3,6,9-13,17-18,25,32H,4-5,7-8H2,1H3,(H,29,33)/t12?,13?,17-,18-/m1/s1. The minimum Gasteiger partial charge on any atom is -0.393 e. The monoisotopic (exact) mass is 449 g/mol. The summed E-state index contributed by atoms with van der Waals surface area (Å²) in [5, 5.41) is 21.0. The highest BCUT2D eigenvalue weighted by Crippen LogP contribution is 2.38. The molecule has 2 aliphatic rings. The van der Waals surface area contributed by atoms with Crippen molar-refractivity contribution in [2.45, 2.75) is 50.0 Å². The average Bonchev–Trinajstić information content (AvgIpc) is 3.40. The van der Waals surface area contributed by atoms with Crippen molar-refractivity contribution in [3.63, 3.8) is 0 Å². The van der Waals surface area contributed by atoms with Gasteiger partial charge in [0.1, 0.15) is 23.2 Å². The van der Waals surface area contributed by atoms with Crippen molar-refractivity contribution in [1.82, 2.24) is 29.5 Å². The van der Waals surface area contributed by atoms with E-state index in [1.807, 2.05) is 24.4 Å². The minimum atomic E-state index is -1.00. The van der Waals surface area contributed by atoms with E-state index in [4.69, 9.17) is 4.98 Å². The number of nitrogens with one attached hydrogen (secondary N) is 2. The summed E-state index contributed by atoms with van der Waals surface area (Å²) in [4.78, 5) is 22.2. The van der Waals surface area contributed by atoms with E-state index in [-0.39, 0.29) is 18.1 Å². The van der Waals surface area contributed by atoms with Crippen LogP contribution in [-0.4, -0.2) is 60.5 Å². The van der Waals surface area contributed by atoms with E-state index >= 15 is 0 Å². The molecule has 1 amide bonds. The van der Waals surface area contributed by atoms with Gasteiger partial charge in [0.15, 0.2) is 5.65 Å². The molecular formula is C23H24FN7O2. The van der Waals surface area contributed by atoms with Gasteiger partial charge in [0.05, 0.1) is 24.0 Å². The Balaban J connectivity index is 1.46. The Morgan fingerprint density at radius 3 is 2.82 bits per heavy atom. The zero-order valence-electron chi connectivity index (χ0n) is 18.1. The highest BCUT2D eigenvalue weighted by molar-refractivity contribution is 6.01. The van der Waals surface area contributed by atoms with Gasteiger partial charge in [0.25, 0.3) is 5.91 Å². The van der Waals surface area contributed by atoms with Gasteiger partial charge in [0, 0.05) is 42.5 Å². The fourth-order valence-electron chi connectivity index (χ4n) is 4.66. The van der Waals surface area contributed by atoms with Crippen molar-refractivity contribution in [1.29, 1.82) is 0 Å². The number of anilines is 1. The Kier molecular flexibility index (Phi) is 4.58. The van der Waals surface area contributed by atoms with Crippen LogP contribution < -0.4 is 10.6 Å². The highest BCUT2D eigenvalue weighted by atomic mass is 19.1. The summed E-state index contributed by atoms with van der Waals surface area (Å²) in [7, 11) is 1.78. The fraction of sp³-hybridized carbons (Fsp3) is 0.391. The first-order valence-electron chi connectivity index (χ1n) is 11.2. The molecule has 10 heteroatoms. The molecule has 0 radical (unpaired) electrons. The summed E-state index contributed by atoms with van der Waals surface area (Å²) >= 11 is 0. The Morgan fingerprint density at radius 2 is 2.12 bits per heavy atom. The smallest absolute Gasteiger partial charge is 0.257 e. The van der Waals surface area contributed by atoms with Crippen LogP contribution in [0.1, 0.15) is 42.1 Å². The normalized spacial score (nSPS) is 24.5. The van der Waals surface area contributed by atoms with Crippen LogP contribution in [0.25, 0.3) is 27.9 Å². The maximum atomic E-state index is 13.7. The molecule has 3 N–H and O–H groups in total. The van der Waals surface area contributed by atoms with Gasteiger partial charge >= 0.3 is 0 Å². The second-order valence-corrected chi connectivity index (χ2v) is 8.85. The number of aliphatic hydroxyl groups is 1. The summed E-state index contributed by atoms with van der Waals surface area (Å²) in [5.41, 5.74) is 3.09. The molecule has 0 bridgehead atoms. The molecule has 0 aliphatic heterocycles. The summed E-state index contributed by atoms with van der Waals surface area (Å²) < 4.78 is 17.4. The predicted octanol–water partition coefficient (Wildman–Crippen LogP) is 2.71. The second kappa shape index (κ2) is 7.51. The molecule has 6 rings (SSSR count). The number of rotatable bonds is 5. The molecule has 170 valence electrons. The largest absolute Gasteiger partial charge is 0.393 e. The van der Waals surface area contributed by atoms with E-state index in [9.17, 15) is 14.3 Å². The first-order valence-corrected chi connectivity index (χ1v) is 11.2. The number of alkyl halides is 1. The van der Waals surface area contributed by atoms with Crippen LogP contribution in [0.15, 0.2) is 36.8 Å². The number of carbonyl (C=O) groups excluding carboxylic acids is 1. The second-order valence-electron chi connectivity index (χ2n) is 8.85. The number of carbonyl (C=O) groups is 1. The molecule has 4 aromatic heterocycles. The number of halogens is 1. The molecule has 2 saturated carbocycles. The van der Waals surface area contributed by atoms with Crippen molar-refractivity contribution in [2.24, 2.45) is 0 Å². The van der Waals surface area contributed by atoms with Crippen molar-refractivity contribution in [2.75, 3.05) is 12.4 Å². The maximum absolute atomic E-state index is 13.7. The molecule has 0 spiro atoms. The summed E-state index contributed by atoms with van der Waals surface area (Å²) in [6.45, 7) is 0. The Bertz CT molecular complexity index is 1370. The Hall–Kier alpha value is -3.53.